The molecular weight excluding hydrogens is 270 g/mol. The fraction of sp³-hybridized carbons (Fsp3) is 0.500. The van der Waals surface area contributed by atoms with E-state index in [4.69, 9.17) is 10.5 Å². The minimum Gasteiger partial charge on any atom is -0.443 e. The standard InChI is InChI=1S/C14H21N5O2/c1-6-9-8-16-19-11(7-10(15)17-12(9)19)18(5)13(20)21-14(2,3)4/h7-8H,6H2,1-5H3,(H2,15,17). The average molecular weight is 291 g/mol. The number of aryl methyl sites for hydroxylation is 1. The molecule has 0 unspecified atom stereocenters. The second kappa shape index (κ2) is 5.23. The third-order valence-electron chi connectivity index (χ3n) is 2.94. The molecule has 2 heterocycles. The first-order valence-corrected chi connectivity index (χ1v) is 6.82. The third-order valence-corrected chi connectivity index (χ3v) is 2.94. The van der Waals surface area contributed by atoms with Crippen molar-refractivity contribution < 1.29 is 9.53 Å². The number of amides is 1. The first-order valence-electron chi connectivity index (χ1n) is 6.82. The van der Waals surface area contributed by atoms with Gasteiger partial charge in [-0.25, -0.2) is 9.78 Å². The van der Waals surface area contributed by atoms with Gasteiger partial charge in [-0.3, -0.25) is 4.90 Å². The van der Waals surface area contributed by atoms with Crippen molar-refractivity contribution in [2.45, 2.75) is 39.7 Å². The van der Waals surface area contributed by atoms with E-state index in [9.17, 15) is 4.79 Å². The van der Waals surface area contributed by atoms with Gasteiger partial charge in [-0.15, -0.1) is 0 Å². The van der Waals surface area contributed by atoms with E-state index < -0.39 is 11.7 Å². The number of hydrogen-bond acceptors (Lipinski definition) is 5. The molecule has 2 N–H and O–H groups in total. The zero-order chi connectivity index (χ0) is 15.8. The summed E-state index contributed by atoms with van der Waals surface area (Å²) in [5.74, 6) is 0.856. The number of hydrogen-bond donors (Lipinski definition) is 1. The second-order valence-electron chi connectivity index (χ2n) is 5.84. The highest BCUT2D eigenvalue weighted by molar-refractivity contribution is 5.87. The van der Waals surface area contributed by atoms with Crippen molar-refractivity contribution in [3.8, 4) is 0 Å². The lowest BCUT2D eigenvalue weighted by Crippen LogP contribution is -2.35. The molecule has 0 radical (unpaired) electrons. The van der Waals surface area contributed by atoms with Crippen LogP contribution in [0.5, 0.6) is 0 Å². The highest BCUT2D eigenvalue weighted by atomic mass is 16.6. The van der Waals surface area contributed by atoms with E-state index in [1.165, 1.54) is 4.90 Å². The predicted octanol–water partition coefficient (Wildman–Crippen LogP) is 2.25. The Morgan fingerprint density at radius 3 is 2.71 bits per heavy atom. The van der Waals surface area contributed by atoms with Crippen LogP contribution in [0.3, 0.4) is 0 Å². The fourth-order valence-corrected chi connectivity index (χ4v) is 1.92. The number of nitrogen functional groups attached to an aromatic ring is 1. The van der Waals surface area contributed by atoms with E-state index in [0.717, 1.165) is 12.0 Å². The molecule has 0 fully saturated rings. The van der Waals surface area contributed by atoms with Crippen molar-refractivity contribution in [3.63, 3.8) is 0 Å². The van der Waals surface area contributed by atoms with Crippen LogP contribution in [0, 0.1) is 0 Å². The first-order chi connectivity index (χ1) is 9.73. The first kappa shape index (κ1) is 15.1. The van der Waals surface area contributed by atoms with Gasteiger partial charge in [0, 0.05) is 18.7 Å². The molecule has 0 aliphatic heterocycles. The maximum atomic E-state index is 12.2. The van der Waals surface area contributed by atoms with E-state index in [0.29, 0.717) is 17.3 Å². The van der Waals surface area contributed by atoms with E-state index in [1.807, 2.05) is 27.7 Å². The molecule has 0 aliphatic rings. The molecule has 7 nitrogen and oxygen atoms in total. The van der Waals surface area contributed by atoms with Gasteiger partial charge in [0.25, 0.3) is 0 Å². The highest BCUT2D eigenvalue weighted by Gasteiger charge is 2.23. The largest absolute Gasteiger partial charge is 0.443 e. The lowest BCUT2D eigenvalue weighted by molar-refractivity contribution is 0.0588. The van der Waals surface area contributed by atoms with Gasteiger partial charge in [-0.05, 0) is 27.2 Å². The Balaban J connectivity index is 2.46. The molecular formula is C14H21N5O2. The van der Waals surface area contributed by atoms with Crippen LogP contribution in [0.1, 0.15) is 33.3 Å². The summed E-state index contributed by atoms with van der Waals surface area (Å²) in [4.78, 5) is 17.9. The van der Waals surface area contributed by atoms with Gasteiger partial charge in [0.2, 0.25) is 0 Å². The minimum absolute atomic E-state index is 0.336. The summed E-state index contributed by atoms with van der Waals surface area (Å²) in [5, 5.41) is 4.28. The van der Waals surface area contributed by atoms with Gasteiger partial charge >= 0.3 is 6.09 Å². The maximum Gasteiger partial charge on any atom is 0.415 e. The molecule has 0 spiro atoms. The normalized spacial score (nSPS) is 11.7. The zero-order valence-electron chi connectivity index (χ0n) is 13.0. The number of aromatic nitrogens is 3. The van der Waals surface area contributed by atoms with Crippen LogP contribution in [-0.4, -0.2) is 33.3 Å². The Hall–Kier alpha value is -2.31. The Morgan fingerprint density at radius 1 is 1.48 bits per heavy atom. The summed E-state index contributed by atoms with van der Waals surface area (Å²) in [7, 11) is 1.62. The number of nitrogens with two attached hydrogens (primary N) is 1. The molecule has 0 aliphatic carbocycles. The molecule has 2 aromatic rings. The monoisotopic (exact) mass is 291 g/mol. The van der Waals surface area contributed by atoms with Crippen molar-refractivity contribution in [3.05, 3.63) is 17.8 Å². The topological polar surface area (TPSA) is 85.8 Å². The summed E-state index contributed by atoms with van der Waals surface area (Å²) in [5.41, 5.74) is 6.90. The number of rotatable bonds is 2. The molecule has 0 saturated carbocycles. The smallest absolute Gasteiger partial charge is 0.415 e. The Morgan fingerprint density at radius 2 is 2.14 bits per heavy atom. The van der Waals surface area contributed by atoms with E-state index in [-0.39, 0.29) is 0 Å². The number of nitrogens with zero attached hydrogens (tertiary/aromatic N) is 4. The Bertz CT molecular complexity index is 672. The van der Waals surface area contributed by atoms with Gasteiger partial charge in [-0.1, -0.05) is 6.92 Å². The summed E-state index contributed by atoms with van der Waals surface area (Å²) >= 11 is 0. The van der Waals surface area contributed by atoms with Gasteiger partial charge in [-0.2, -0.15) is 9.61 Å². The quantitative estimate of drug-likeness (QED) is 0.917. The van der Waals surface area contributed by atoms with E-state index >= 15 is 0 Å². The zero-order valence-corrected chi connectivity index (χ0v) is 13.0. The lowest BCUT2D eigenvalue weighted by atomic mass is 10.2. The van der Waals surface area contributed by atoms with Gasteiger partial charge < -0.3 is 10.5 Å². The average Bonchev–Trinajstić information content (AvgIpc) is 2.77. The molecule has 2 rings (SSSR count). The molecule has 114 valence electrons. The summed E-state index contributed by atoms with van der Waals surface area (Å²) in [6, 6.07) is 1.60. The van der Waals surface area contributed by atoms with Crippen molar-refractivity contribution in [2.24, 2.45) is 0 Å². The second-order valence-corrected chi connectivity index (χ2v) is 5.84. The van der Waals surface area contributed by atoms with Crippen LogP contribution in [0.25, 0.3) is 5.65 Å². The molecule has 0 bridgehead atoms. The Labute approximate surface area is 123 Å². The number of carbonyl (C=O) groups excluding carboxylic acids is 1. The lowest BCUT2D eigenvalue weighted by Gasteiger charge is -2.24. The third kappa shape index (κ3) is 3.07. The van der Waals surface area contributed by atoms with Crippen LogP contribution in [0.2, 0.25) is 0 Å². The van der Waals surface area contributed by atoms with Crippen molar-refractivity contribution in [1.29, 1.82) is 0 Å². The summed E-state index contributed by atoms with van der Waals surface area (Å²) in [6.45, 7) is 7.47. The number of anilines is 2. The van der Waals surface area contributed by atoms with Crippen molar-refractivity contribution >= 4 is 23.4 Å². The fourth-order valence-electron chi connectivity index (χ4n) is 1.92. The number of fused-ring (bicyclic) bond motifs is 1. The van der Waals surface area contributed by atoms with Crippen LogP contribution in [-0.2, 0) is 11.2 Å². The van der Waals surface area contributed by atoms with Crippen LogP contribution in [0.4, 0.5) is 16.4 Å². The van der Waals surface area contributed by atoms with E-state index in [1.54, 1.807) is 23.8 Å². The summed E-state index contributed by atoms with van der Waals surface area (Å²) < 4.78 is 6.96. The molecule has 21 heavy (non-hydrogen) atoms. The van der Waals surface area contributed by atoms with Crippen LogP contribution >= 0.6 is 0 Å². The van der Waals surface area contributed by atoms with Gasteiger partial charge in [0.15, 0.2) is 5.65 Å². The minimum atomic E-state index is -0.568. The molecule has 7 heteroatoms. The van der Waals surface area contributed by atoms with Crippen molar-refractivity contribution in [1.82, 2.24) is 14.6 Å². The van der Waals surface area contributed by atoms with Crippen molar-refractivity contribution in [2.75, 3.05) is 17.7 Å². The SMILES string of the molecule is CCc1cnn2c(N(C)C(=O)OC(C)(C)C)cc(N)nc12. The highest BCUT2D eigenvalue weighted by Crippen LogP contribution is 2.22. The number of ether oxygens (including phenoxy) is 1. The van der Waals surface area contributed by atoms with Crippen LogP contribution < -0.4 is 10.6 Å². The predicted molar refractivity (Wildman–Crippen MR) is 81.4 cm³/mol. The molecule has 0 atom stereocenters. The summed E-state index contributed by atoms with van der Waals surface area (Å²) in [6.07, 6.45) is 2.05. The maximum absolute atomic E-state index is 12.2. The van der Waals surface area contributed by atoms with Crippen LogP contribution in [0.15, 0.2) is 12.3 Å². The van der Waals surface area contributed by atoms with Gasteiger partial charge in [0.1, 0.15) is 17.2 Å². The molecule has 0 saturated heterocycles. The van der Waals surface area contributed by atoms with E-state index in [2.05, 4.69) is 10.1 Å². The molecule has 2 aromatic heterocycles. The number of carbonyl (C=O) groups is 1. The van der Waals surface area contributed by atoms with Gasteiger partial charge in [0.05, 0.1) is 6.20 Å². The molecule has 0 aromatic carbocycles. The Kier molecular flexibility index (Phi) is 3.76. The molecule has 1 amide bonds.